The third kappa shape index (κ3) is 2.41. The molecule has 20 heavy (non-hydrogen) atoms. The fourth-order valence-electron chi connectivity index (χ4n) is 2.04. The largest absolute Gasteiger partial charge is 0.256 e. The maximum absolute atomic E-state index is 6.16. The van der Waals surface area contributed by atoms with E-state index in [1.807, 2.05) is 37.3 Å². The van der Waals surface area contributed by atoms with Crippen LogP contribution >= 0.6 is 27.5 Å². The van der Waals surface area contributed by atoms with Crippen molar-refractivity contribution in [3.63, 3.8) is 0 Å². The number of rotatable bonds is 2. The first-order chi connectivity index (χ1) is 9.69. The van der Waals surface area contributed by atoms with Crippen molar-refractivity contribution < 1.29 is 0 Å². The second-order valence-corrected chi connectivity index (χ2v) is 5.51. The van der Waals surface area contributed by atoms with Crippen molar-refractivity contribution in [3.05, 3.63) is 51.8 Å². The Hall–Kier alpha value is -1.52. The average Bonchev–Trinajstić information content (AvgIpc) is 2.49. The standard InChI is InChI=1S/C15H11BrClN3/c1-2-11-13(16)14(17)20-15(19-11)10-5-6-12-9(8-10)4-3-7-18-12/h3-8H,2H2,1H3. The van der Waals surface area contributed by atoms with Crippen LogP contribution in [0.2, 0.25) is 5.15 Å². The fourth-order valence-corrected chi connectivity index (χ4v) is 2.69. The van der Waals surface area contributed by atoms with Gasteiger partial charge in [0.1, 0.15) is 5.15 Å². The van der Waals surface area contributed by atoms with Gasteiger partial charge in [0.2, 0.25) is 0 Å². The molecule has 3 nitrogen and oxygen atoms in total. The molecular weight excluding hydrogens is 338 g/mol. The Labute approximate surface area is 130 Å². The minimum absolute atomic E-state index is 0.443. The van der Waals surface area contributed by atoms with E-state index in [4.69, 9.17) is 11.6 Å². The maximum atomic E-state index is 6.16. The molecule has 0 saturated heterocycles. The lowest BCUT2D eigenvalue weighted by molar-refractivity contribution is 0.991. The van der Waals surface area contributed by atoms with Crippen LogP contribution in [-0.2, 0) is 6.42 Å². The summed E-state index contributed by atoms with van der Waals surface area (Å²) in [5.74, 6) is 0.640. The molecule has 1 aromatic carbocycles. The van der Waals surface area contributed by atoms with Gasteiger partial charge in [-0.15, -0.1) is 0 Å². The first kappa shape index (κ1) is 13.5. The summed E-state index contributed by atoms with van der Waals surface area (Å²) in [5.41, 5.74) is 2.80. The van der Waals surface area contributed by atoms with E-state index in [2.05, 4.69) is 30.9 Å². The third-order valence-electron chi connectivity index (χ3n) is 3.08. The Morgan fingerprint density at radius 3 is 2.85 bits per heavy atom. The fraction of sp³-hybridized carbons (Fsp3) is 0.133. The summed E-state index contributed by atoms with van der Waals surface area (Å²) < 4.78 is 0.771. The highest BCUT2D eigenvalue weighted by Crippen LogP contribution is 2.28. The van der Waals surface area contributed by atoms with Crippen molar-refractivity contribution in [2.24, 2.45) is 0 Å². The summed E-state index contributed by atoms with van der Waals surface area (Å²) in [6.07, 6.45) is 2.58. The SMILES string of the molecule is CCc1nc(-c2ccc3ncccc3c2)nc(Cl)c1Br. The Morgan fingerprint density at radius 2 is 2.05 bits per heavy atom. The Balaban J connectivity index is 2.17. The van der Waals surface area contributed by atoms with E-state index in [0.717, 1.165) is 33.1 Å². The summed E-state index contributed by atoms with van der Waals surface area (Å²) in [6, 6.07) is 9.90. The monoisotopic (exact) mass is 347 g/mol. The van der Waals surface area contributed by atoms with Crippen LogP contribution in [0.25, 0.3) is 22.3 Å². The molecule has 0 amide bonds. The maximum Gasteiger partial charge on any atom is 0.161 e. The molecule has 3 rings (SSSR count). The van der Waals surface area contributed by atoms with Crippen LogP contribution in [-0.4, -0.2) is 15.0 Å². The number of halogens is 2. The summed E-state index contributed by atoms with van der Waals surface area (Å²) in [6.45, 7) is 2.04. The Bertz CT molecular complexity index is 789. The molecule has 0 unspecified atom stereocenters. The second kappa shape index (κ2) is 5.46. The van der Waals surface area contributed by atoms with E-state index in [-0.39, 0.29) is 0 Å². The predicted octanol–water partition coefficient (Wildman–Crippen LogP) is 4.67. The van der Waals surface area contributed by atoms with Gasteiger partial charge in [-0.05, 0) is 46.6 Å². The number of fused-ring (bicyclic) bond motifs is 1. The molecule has 0 aliphatic heterocycles. The van der Waals surface area contributed by atoms with Gasteiger partial charge in [0.15, 0.2) is 5.82 Å². The molecule has 0 bridgehead atoms. The van der Waals surface area contributed by atoms with Crippen molar-refractivity contribution >= 4 is 38.4 Å². The Kier molecular flexibility index (Phi) is 3.68. The lowest BCUT2D eigenvalue weighted by atomic mass is 10.1. The molecule has 0 aliphatic rings. The molecule has 5 heteroatoms. The molecule has 0 atom stereocenters. The highest BCUT2D eigenvalue weighted by atomic mass is 79.9. The number of nitrogens with zero attached hydrogens (tertiary/aromatic N) is 3. The van der Waals surface area contributed by atoms with Gasteiger partial charge < -0.3 is 0 Å². The number of aryl methyl sites for hydroxylation is 1. The first-order valence-electron chi connectivity index (χ1n) is 6.26. The van der Waals surface area contributed by atoms with Crippen molar-refractivity contribution in [3.8, 4) is 11.4 Å². The number of hydrogen-bond donors (Lipinski definition) is 0. The minimum Gasteiger partial charge on any atom is -0.256 e. The van der Waals surface area contributed by atoms with Gasteiger partial charge in [-0.3, -0.25) is 4.98 Å². The first-order valence-corrected chi connectivity index (χ1v) is 7.43. The summed E-state index contributed by atoms with van der Waals surface area (Å²) in [5, 5.41) is 1.50. The quantitative estimate of drug-likeness (QED) is 0.632. The van der Waals surface area contributed by atoms with Crippen molar-refractivity contribution in [1.29, 1.82) is 0 Å². The molecule has 0 radical (unpaired) electrons. The molecule has 2 aromatic heterocycles. The lowest BCUT2D eigenvalue weighted by Crippen LogP contribution is -1.97. The van der Waals surface area contributed by atoms with Crippen LogP contribution in [0, 0.1) is 0 Å². The van der Waals surface area contributed by atoms with E-state index in [1.54, 1.807) is 6.20 Å². The number of pyridine rings is 1. The Morgan fingerprint density at radius 1 is 1.20 bits per heavy atom. The minimum atomic E-state index is 0.443. The molecule has 0 spiro atoms. The van der Waals surface area contributed by atoms with E-state index in [0.29, 0.717) is 11.0 Å². The van der Waals surface area contributed by atoms with E-state index in [1.165, 1.54) is 0 Å². The van der Waals surface area contributed by atoms with Gasteiger partial charge in [-0.1, -0.05) is 24.6 Å². The van der Waals surface area contributed by atoms with Crippen molar-refractivity contribution in [2.45, 2.75) is 13.3 Å². The summed E-state index contributed by atoms with van der Waals surface area (Å²) in [7, 11) is 0. The van der Waals surface area contributed by atoms with E-state index >= 15 is 0 Å². The number of benzene rings is 1. The molecule has 0 saturated carbocycles. The predicted molar refractivity (Wildman–Crippen MR) is 84.9 cm³/mol. The molecule has 3 aromatic rings. The average molecular weight is 349 g/mol. The topological polar surface area (TPSA) is 38.7 Å². The van der Waals surface area contributed by atoms with Gasteiger partial charge in [0.25, 0.3) is 0 Å². The lowest BCUT2D eigenvalue weighted by Gasteiger charge is -2.07. The highest BCUT2D eigenvalue weighted by molar-refractivity contribution is 9.10. The van der Waals surface area contributed by atoms with Crippen molar-refractivity contribution in [1.82, 2.24) is 15.0 Å². The van der Waals surface area contributed by atoms with Gasteiger partial charge in [0.05, 0.1) is 15.7 Å². The van der Waals surface area contributed by atoms with Gasteiger partial charge in [-0.25, -0.2) is 9.97 Å². The zero-order valence-corrected chi connectivity index (χ0v) is 13.1. The van der Waals surface area contributed by atoms with Crippen LogP contribution in [0.4, 0.5) is 0 Å². The number of hydrogen-bond acceptors (Lipinski definition) is 3. The molecule has 0 N–H and O–H groups in total. The van der Waals surface area contributed by atoms with Crippen LogP contribution in [0.3, 0.4) is 0 Å². The normalized spacial score (nSPS) is 10.9. The van der Waals surface area contributed by atoms with Crippen LogP contribution in [0.1, 0.15) is 12.6 Å². The smallest absolute Gasteiger partial charge is 0.161 e. The molecule has 0 aliphatic carbocycles. The van der Waals surface area contributed by atoms with Crippen LogP contribution in [0.15, 0.2) is 41.0 Å². The van der Waals surface area contributed by atoms with Crippen LogP contribution in [0.5, 0.6) is 0 Å². The van der Waals surface area contributed by atoms with Crippen LogP contribution < -0.4 is 0 Å². The molecular formula is C15H11BrClN3. The highest BCUT2D eigenvalue weighted by Gasteiger charge is 2.11. The van der Waals surface area contributed by atoms with Crippen molar-refractivity contribution in [2.75, 3.05) is 0 Å². The van der Waals surface area contributed by atoms with Gasteiger partial charge >= 0.3 is 0 Å². The second-order valence-electron chi connectivity index (χ2n) is 4.36. The van der Waals surface area contributed by atoms with E-state index in [9.17, 15) is 0 Å². The molecule has 100 valence electrons. The van der Waals surface area contributed by atoms with E-state index < -0.39 is 0 Å². The molecule has 2 heterocycles. The molecule has 0 fully saturated rings. The number of aromatic nitrogens is 3. The summed E-state index contributed by atoms with van der Waals surface area (Å²) >= 11 is 9.58. The van der Waals surface area contributed by atoms with Gasteiger partial charge in [-0.2, -0.15) is 0 Å². The zero-order chi connectivity index (χ0) is 14.1. The summed E-state index contributed by atoms with van der Waals surface area (Å²) in [4.78, 5) is 13.2. The van der Waals surface area contributed by atoms with Gasteiger partial charge in [0, 0.05) is 17.1 Å². The zero-order valence-electron chi connectivity index (χ0n) is 10.8. The third-order valence-corrected chi connectivity index (χ3v) is 4.41.